The van der Waals surface area contributed by atoms with Gasteiger partial charge in [-0.1, -0.05) is 12.1 Å². The number of benzene rings is 2. The Balaban J connectivity index is 2.26. The number of halogens is 1. The van der Waals surface area contributed by atoms with Gasteiger partial charge in [0.25, 0.3) is 0 Å². The van der Waals surface area contributed by atoms with Gasteiger partial charge in [-0.2, -0.15) is 0 Å². The molecule has 0 spiro atoms. The second-order valence-electron chi connectivity index (χ2n) is 4.64. The number of hydrogen-bond acceptors (Lipinski definition) is 4. The second kappa shape index (κ2) is 7.31. The summed E-state index contributed by atoms with van der Waals surface area (Å²) < 4.78 is 16.3. The Morgan fingerprint density at radius 1 is 0.955 bits per heavy atom. The van der Waals surface area contributed by atoms with Crippen molar-refractivity contribution in [3.05, 3.63) is 52.0 Å². The quantitative estimate of drug-likeness (QED) is 0.729. The molecule has 0 bridgehead atoms. The minimum atomic E-state index is -0.0228. The minimum Gasteiger partial charge on any atom is -0.497 e. The maximum absolute atomic E-state index is 12.5. The highest BCUT2D eigenvalue weighted by Gasteiger charge is 2.16. The maximum atomic E-state index is 12.5. The van der Waals surface area contributed by atoms with E-state index in [1.807, 2.05) is 24.3 Å². The van der Waals surface area contributed by atoms with Gasteiger partial charge in [0.1, 0.15) is 17.2 Å². The average molecular weight is 365 g/mol. The van der Waals surface area contributed by atoms with Gasteiger partial charge >= 0.3 is 0 Å². The van der Waals surface area contributed by atoms with Crippen LogP contribution < -0.4 is 14.2 Å². The summed E-state index contributed by atoms with van der Waals surface area (Å²) in [5, 5.41) is 0. The number of ketones is 1. The molecule has 0 heterocycles. The van der Waals surface area contributed by atoms with Gasteiger partial charge in [0.05, 0.1) is 31.4 Å². The minimum absolute atomic E-state index is 0.0228. The zero-order chi connectivity index (χ0) is 16.1. The summed E-state index contributed by atoms with van der Waals surface area (Å²) in [4.78, 5) is 12.5. The Kier molecular flexibility index (Phi) is 5.44. The smallest absolute Gasteiger partial charge is 0.171 e. The first-order valence-electron chi connectivity index (χ1n) is 6.66. The molecule has 2 rings (SSSR count). The fourth-order valence-corrected chi connectivity index (χ4v) is 2.61. The van der Waals surface area contributed by atoms with E-state index in [4.69, 9.17) is 14.2 Å². The molecule has 0 amide bonds. The van der Waals surface area contributed by atoms with E-state index in [-0.39, 0.29) is 5.78 Å². The average Bonchev–Trinajstić information content (AvgIpc) is 2.55. The van der Waals surface area contributed by atoms with E-state index in [1.54, 1.807) is 26.4 Å². The van der Waals surface area contributed by atoms with Crippen LogP contribution in [0.2, 0.25) is 0 Å². The van der Waals surface area contributed by atoms with Crippen molar-refractivity contribution in [2.45, 2.75) is 6.42 Å². The number of rotatable bonds is 6. The number of ether oxygens (including phenoxy) is 3. The number of Topliss-reactive ketones (excluding diaryl/α,β-unsaturated/α-hetero) is 1. The van der Waals surface area contributed by atoms with Crippen LogP contribution in [0.5, 0.6) is 17.2 Å². The molecule has 4 nitrogen and oxygen atoms in total. The molecule has 0 fully saturated rings. The maximum Gasteiger partial charge on any atom is 0.171 e. The van der Waals surface area contributed by atoms with E-state index in [1.165, 1.54) is 7.11 Å². The monoisotopic (exact) mass is 364 g/mol. The van der Waals surface area contributed by atoms with Gasteiger partial charge in [0.15, 0.2) is 5.78 Å². The molecule has 0 aliphatic rings. The van der Waals surface area contributed by atoms with Crippen molar-refractivity contribution < 1.29 is 19.0 Å². The Hall–Kier alpha value is -2.01. The van der Waals surface area contributed by atoms with Gasteiger partial charge in [-0.25, -0.2) is 0 Å². The first-order chi connectivity index (χ1) is 10.6. The molecule has 0 aromatic heterocycles. The highest BCUT2D eigenvalue weighted by atomic mass is 79.9. The van der Waals surface area contributed by atoms with Gasteiger partial charge in [0, 0.05) is 12.5 Å². The van der Waals surface area contributed by atoms with Gasteiger partial charge in [-0.05, 0) is 39.7 Å². The topological polar surface area (TPSA) is 44.8 Å². The summed E-state index contributed by atoms with van der Waals surface area (Å²) in [6.07, 6.45) is 0.291. The Labute approximate surface area is 138 Å². The number of carbonyl (C=O) groups is 1. The Morgan fingerprint density at radius 3 is 2.14 bits per heavy atom. The van der Waals surface area contributed by atoms with Crippen LogP contribution in [-0.4, -0.2) is 27.1 Å². The number of hydrogen-bond donors (Lipinski definition) is 0. The van der Waals surface area contributed by atoms with Crippen molar-refractivity contribution in [1.29, 1.82) is 0 Å². The van der Waals surface area contributed by atoms with Gasteiger partial charge in [-0.15, -0.1) is 0 Å². The van der Waals surface area contributed by atoms with E-state index in [0.29, 0.717) is 28.0 Å². The van der Waals surface area contributed by atoms with E-state index in [9.17, 15) is 4.79 Å². The Bertz CT molecular complexity index is 665. The normalized spacial score (nSPS) is 10.2. The largest absolute Gasteiger partial charge is 0.497 e. The van der Waals surface area contributed by atoms with Crippen LogP contribution >= 0.6 is 15.9 Å². The Morgan fingerprint density at radius 2 is 1.59 bits per heavy atom. The lowest BCUT2D eigenvalue weighted by atomic mass is 10.0. The van der Waals surface area contributed by atoms with E-state index >= 15 is 0 Å². The van der Waals surface area contributed by atoms with Crippen molar-refractivity contribution in [1.82, 2.24) is 0 Å². The zero-order valence-corrected chi connectivity index (χ0v) is 14.3. The molecule has 0 saturated carbocycles. The van der Waals surface area contributed by atoms with Crippen LogP contribution in [0.15, 0.2) is 40.9 Å². The van der Waals surface area contributed by atoms with Crippen molar-refractivity contribution in [2.24, 2.45) is 0 Å². The molecule has 2 aromatic carbocycles. The van der Waals surface area contributed by atoms with E-state index < -0.39 is 0 Å². The lowest BCUT2D eigenvalue weighted by Gasteiger charge is -2.11. The zero-order valence-electron chi connectivity index (χ0n) is 12.7. The first kappa shape index (κ1) is 16.4. The van der Waals surface area contributed by atoms with Gasteiger partial charge in [-0.3, -0.25) is 4.79 Å². The lowest BCUT2D eigenvalue weighted by Crippen LogP contribution is -2.06. The standard InChI is InChI=1S/C17H17BrO4/c1-20-12-6-4-11(5-7-12)8-15(19)13-9-14(18)17(22-3)10-16(13)21-2/h4-7,9-10H,8H2,1-3H3. The highest BCUT2D eigenvalue weighted by molar-refractivity contribution is 9.10. The number of methoxy groups -OCH3 is 3. The molecule has 0 saturated heterocycles. The number of carbonyl (C=O) groups excluding carboxylic acids is 1. The molecule has 116 valence electrons. The van der Waals surface area contributed by atoms with Crippen LogP contribution in [0.25, 0.3) is 0 Å². The third-order valence-electron chi connectivity index (χ3n) is 3.30. The fourth-order valence-electron chi connectivity index (χ4n) is 2.10. The molecule has 0 aliphatic heterocycles. The molecular weight excluding hydrogens is 348 g/mol. The second-order valence-corrected chi connectivity index (χ2v) is 5.49. The summed E-state index contributed by atoms with van der Waals surface area (Å²) in [5.74, 6) is 1.86. The fraction of sp³-hybridized carbons (Fsp3) is 0.235. The molecule has 0 N–H and O–H groups in total. The lowest BCUT2D eigenvalue weighted by molar-refractivity contribution is 0.0990. The van der Waals surface area contributed by atoms with Crippen molar-refractivity contribution in [3.8, 4) is 17.2 Å². The predicted octanol–water partition coefficient (Wildman–Crippen LogP) is 3.90. The van der Waals surface area contributed by atoms with Gasteiger partial charge < -0.3 is 14.2 Å². The summed E-state index contributed by atoms with van der Waals surface area (Å²) in [6.45, 7) is 0. The highest BCUT2D eigenvalue weighted by Crippen LogP contribution is 2.33. The molecule has 0 atom stereocenters. The van der Waals surface area contributed by atoms with Crippen LogP contribution in [0.1, 0.15) is 15.9 Å². The van der Waals surface area contributed by atoms with Crippen molar-refractivity contribution in [3.63, 3.8) is 0 Å². The summed E-state index contributed by atoms with van der Waals surface area (Å²) >= 11 is 3.39. The van der Waals surface area contributed by atoms with Crippen LogP contribution in [0.3, 0.4) is 0 Å². The summed E-state index contributed by atoms with van der Waals surface area (Å²) in [5.41, 5.74) is 1.44. The molecule has 0 radical (unpaired) electrons. The van der Waals surface area contributed by atoms with E-state index in [0.717, 1.165) is 11.3 Å². The molecule has 2 aromatic rings. The molecule has 22 heavy (non-hydrogen) atoms. The third-order valence-corrected chi connectivity index (χ3v) is 3.92. The van der Waals surface area contributed by atoms with Crippen LogP contribution in [0, 0.1) is 0 Å². The van der Waals surface area contributed by atoms with Gasteiger partial charge in [0.2, 0.25) is 0 Å². The molecular formula is C17H17BrO4. The summed E-state index contributed by atoms with van der Waals surface area (Å²) in [6, 6.07) is 10.9. The SMILES string of the molecule is COc1ccc(CC(=O)c2cc(Br)c(OC)cc2OC)cc1. The van der Waals surface area contributed by atoms with E-state index in [2.05, 4.69) is 15.9 Å². The van der Waals surface area contributed by atoms with Crippen molar-refractivity contribution in [2.75, 3.05) is 21.3 Å². The molecule has 0 aliphatic carbocycles. The third kappa shape index (κ3) is 3.60. The molecule has 0 unspecified atom stereocenters. The molecule has 5 heteroatoms. The van der Waals surface area contributed by atoms with Crippen LogP contribution in [0.4, 0.5) is 0 Å². The van der Waals surface area contributed by atoms with Crippen molar-refractivity contribution >= 4 is 21.7 Å². The first-order valence-corrected chi connectivity index (χ1v) is 7.46. The van der Waals surface area contributed by atoms with Crippen LogP contribution in [-0.2, 0) is 6.42 Å². The predicted molar refractivity (Wildman–Crippen MR) is 88.3 cm³/mol. The summed E-state index contributed by atoms with van der Waals surface area (Å²) in [7, 11) is 4.71.